The molecule has 1 heterocycles. The summed E-state index contributed by atoms with van der Waals surface area (Å²) >= 11 is 9.71. The van der Waals surface area contributed by atoms with Gasteiger partial charge >= 0.3 is 0 Å². The second-order valence-electron chi connectivity index (χ2n) is 5.25. The Bertz CT molecular complexity index is 659. The van der Waals surface area contributed by atoms with Gasteiger partial charge in [-0.1, -0.05) is 39.7 Å². The largest absolute Gasteiger partial charge is 0.493 e. The summed E-state index contributed by atoms with van der Waals surface area (Å²) in [4.78, 5) is 0. The van der Waals surface area contributed by atoms with Crippen LogP contribution in [0, 0.1) is 0 Å². The molecule has 1 aliphatic heterocycles. The van der Waals surface area contributed by atoms with E-state index in [1.54, 1.807) is 0 Å². The number of rotatable bonds is 4. The Balaban J connectivity index is 1.91. The quantitative estimate of drug-likeness (QED) is 0.857. The van der Waals surface area contributed by atoms with Crippen molar-refractivity contribution in [2.45, 2.75) is 18.9 Å². The molecule has 2 aromatic carbocycles. The molecule has 1 unspecified atom stereocenters. The van der Waals surface area contributed by atoms with Crippen LogP contribution in [0.5, 0.6) is 5.75 Å². The van der Waals surface area contributed by atoms with Gasteiger partial charge in [-0.05, 0) is 54.4 Å². The third-order valence-electron chi connectivity index (χ3n) is 3.85. The predicted octanol–water partition coefficient (Wildman–Crippen LogP) is 4.54. The van der Waals surface area contributed by atoms with Crippen LogP contribution in [0.15, 0.2) is 40.9 Å². The van der Waals surface area contributed by atoms with Crippen LogP contribution in [-0.2, 0) is 12.8 Å². The molecule has 1 atom stereocenters. The van der Waals surface area contributed by atoms with Gasteiger partial charge in [0.15, 0.2) is 0 Å². The van der Waals surface area contributed by atoms with Crippen molar-refractivity contribution in [3.8, 4) is 5.75 Å². The molecule has 0 fully saturated rings. The van der Waals surface area contributed by atoms with Crippen molar-refractivity contribution in [3.63, 3.8) is 0 Å². The summed E-state index contributed by atoms with van der Waals surface area (Å²) in [5, 5.41) is 4.14. The molecule has 0 radical (unpaired) electrons. The van der Waals surface area contributed by atoms with Gasteiger partial charge in [0.1, 0.15) is 5.75 Å². The maximum atomic E-state index is 6.11. The van der Waals surface area contributed by atoms with Crippen molar-refractivity contribution in [1.82, 2.24) is 5.32 Å². The molecular weight excluding hydrogens is 350 g/mol. The zero-order valence-corrected chi connectivity index (χ0v) is 14.2. The zero-order chi connectivity index (χ0) is 14.8. The lowest BCUT2D eigenvalue weighted by Crippen LogP contribution is -2.19. The first-order valence-electron chi connectivity index (χ1n) is 7.04. The Morgan fingerprint density at radius 1 is 1.33 bits per heavy atom. The molecule has 0 saturated heterocycles. The Morgan fingerprint density at radius 2 is 2.19 bits per heavy atom. The highest BCUT2D eigenvalue weighted by atomic mass is 79.9. The van der Waals surface area contributed by atoms with Crippen molar-refractivity contribution >= 4 is 27.5 Å². The highest BCUT2D eigenvalue weighted by molar-refractivity contribution is 9.10. The van der Waals surface area contributed by atoms with Crippen LogP contribution in [0.4, 0.5) is 0 Å². The van der Waals surface area contributed by atoms with E-state index in [1.165, 1.54) is 16.7 Å². The first-order valence-corrected chi connectivity index (χ1v) is 8.21. The SMILES string of the molecule is CNC(Cc1cc(Br)cc2c1OCC2)c1cccc(Cl)c1. The van der Waals surface area contributed by atoms with Gasteiger partial charge in [-0.25, -0.2) is 0 Å². The van der Waals surface area contributed by atoms with E-state index in [0.29, 0.717) is 0 Å². The Morgan fingerprint density at radius 3 is 2.95 bits per heavy atom. The van der Waals surface area contributed by atoms with Crippen molar-refractivity contribution in [2.75, 3.05) is 13.7 Å². The summed E-state index contributed by atoms with van der Waals surface area (Å²) in [7, 11) is 1.98. The van der Waals surface area contributed by atoms with E-state index in [1.807, 2.05) is 25.2 Å². The molecule has 4 heteroatoms. The molecule has 0 spiro atoms. The summed E-state index contributed by atoms with van der Waals surface area (Å²) in [6.45, 7) is 0.778. The zero-order valence-electron chi connectivity index (χ0n) is 11.8. The van der Waals surface area contributed by atoms with Gasteiger partial charge in [-0.2, -0.15) is 0 Å². The van der Waals surface area contributed by atoms with Crippen LogP contribution in [0.25, 0.3) is 0 Å². The first-order chi connectivity index (χ1) is 10.2. The minimum Gasteiger partial charge on any atom is -0.493 e. The summed E-state index contributed by atoms with van der Waals surface area (Å²) in [5.74, 6) is 1.06. The molecule has 110 valence electrons. The summed E-state index contributed by atoms with van der Waals surface area (Å²) in [6, 6.07) is 12.5. The molecule has 1 aliphatic rings. The van der Waals surface area contributed by atoms with Gasteiger partial charge in [0.2, 0.25) is 0 Å². The van der Waals surface area contributed by atoms with Crippen LogP contribution < -0.4 is 10.1 Å². The van der Waals surface area contributed by atoms with E-state index in [4.69, 9.17) is 16.3 Å². The monoisotopic (exact) mass is 365 g/mol. The highest BCUT2D eigenvalue weighted by Gasteiger charge is 2.20. The fraction of sp³-hybridized carbons (Fsp3) is 0.294. The molecule has 2 aromatic rings. The molecule has 0 amide bonds. The number of halogens is 2. The van der Waals surface area contributed by atoms with Crippen LogP contribution in [-0.4, -0.2) is 13.7 Å². The lowest BCUT2D eigenvalue weighted by molar-refractivity contribution is 0.352. The van der Waals surface area contributed by atoms with Gasteiger partial charge in [0.05, 0.1) is 6.61 Å². The van der Waals surface area contributed by atoms with Crippen molar-refractivity contribution < 1.29 is 4.74 Å². The van der Waals surface area contributed by atoms with Crippen LogP contribution in [0.2, 0.25) is 5.02 Å². The number of hydrogen-bond acceptors (Lipinski definition) is 2. The number of benzene rings is 2. The fourth-order valence-electron chi connectivity index (χ4n) is 2.83. The third-order valence-corrected chi connectivity index (χ3v) is 4.54. The summed E-state index contributed by atoms with van der Waals surface area (Å²) < 4.78 is 6.93. The normalized spacial score (nSPS) is 14.6. The second kappa shape index (κ2) is 6.39. The standard InChI is InChI=1S/C17H17BrClNO/c1-20-16(11-3-2-4-15(19)9-11)10-13-8-14(18)7-12-5-6-21-17(12)13/h2-4,7-9,16,20H,5-6,10H2,1H3. The number of fused-ring (bicyclic) bond motifs is 1. The summed E-state index contributed by atoms with van der Waals surface area (Å²) in [6.07, 6.45) is 1.86. The Kier molecular flexibility index (Phi) is 4.53. The number of nitrogens with one attached hydrogen (secondary N) is 1. The molecular formula is C17H17BrClNO. The molecule has 0 aliphatic carbocycles. The van der Waals surface area contributed by atoms with Crippen LogP contribution in [0.3, 0.4) is 0 Å². The van der Waals surface area contributed by atoms with E-state index in [2.05, 4.69) is 39.4 Å². The topological polar surface area (TPSA) is 21.3 Å². The van der Waals surface area contributed by atoms with E-state index in [0.717, 1.165) is 34.7 Å². The van der Waals surface area contributed by atoms with Gasteiger partial charge in [0.25, 0.3) is 0 Å². The summed E-state index contributed by atoms with van der Waals surface area (Å²) in [5.41, 5.74) is 3.72. The minimum atomic E-state index is 0.214. The highest BCUT2D eigenvalue weighted by Crippen LogP contribution is 2.35. The minimum absolute atomic E-state index is 0.214. The number of ether oxygens (including phenoxy) is 1. The number of likely N-dealkylation sites (N-methyl/N-ethyl adjacent to an activating group) is 1. The Hall–Kier alpha value is -1.03. The molecule has 0 bridgehead atoms. The lowest BCUT2D eigenvalue weighted by Gasteiger charge is -2.19. The van der Waals surface area contributed by atoms with Gasteiger partial charge in [0, 0.05) is 22.0 Å². The van der Waals surface area contributed by atoms with Crippen molar-refractivity contribution in [2.24, 2.45) is 0 Å². The smallest absolute Gasteiger partial charge is 0.125 e. The second-order valence-corrected chi connectivity index (χ2v) is 6.60. The first kappa shape index (κ1) is 14.9. The van der Waals surface area contributed by atoms with E-state index >= 15 is 0 Å². The van der Waals surface area contributed by atoms with E-state index in [9.17, 15) is 0 Å². The third kappa shape index (κ3) is 3.25. The maximum Gasteiger partial charge on any atom is 0.125 e. The molecule has 3 rings (SSSR count). The average molecular weight is 367 g/mol. The van der Waals surface area contributed by atoms with Gasteiger partial charge in [-0.15, -0.1) is 0 Å². The predicted molar refractivity (Wildman–Crippen MR) is 90.3 cm³/mol. The van der Waals surface area contributed by atoms with Gasteiger partial charge < -0.3 is 10.1 Å². The maximum absolute atomic E-state index is 6.11. The van der Waals surface area contributed by atoms with Gasteiger partial charge in [-0.3, -0.25) is 0 Å². The van der Waals surface area contributed by atoms with E-state index < -0.39 is 0 Å². The number of hydrogen-bond donors (Lipinski definition) is 1. The lowest BCUT2D eigenvalue weighted by atomic mass is 9.97. The molecule has 2 nitrogen and oxygen atoms in total. The van der Waals surface area contributed by atoms with Crippen LogP contribution >= 0.6 is 27.5 Å². The van der Waals surface area contributed by atoms with E-state index in [-0.39, 0.29) is 6.04 Å². The molecule has 21 heavy (non-hydrogen) atoms. The average Bonchev–Trinajstić information content (AvgIpc) is 2.92. The fourth-order valence-corrected chi connectivity index (χ4v) is 3.58. The Labute approximate surface area is 138 Å². The molecule has 1 N–H and O–H groups in total. The van der Waals surface area contributed by atoms with Crippen LogP contribution in [0.1, 0.15) is 22.7 Å². The molecule has 0 saturated carbocycles. The van der Waals surface area contributed by atoms with Crippen molar-refractivity contribution in [3.05, 3.63) is 62.6 Å². The molecule has 0 aromatic heterocycles. The van der Waals surface area contributed by atoms with Crippen molar-refractivity contribution in [1.29, 1.82) is 0 Å².